The first-order valence-electron chi connectivity index (χ1n) is 9.69. The molecule has 0 saturated heterocycles. The summed E-state index contributed by atoms with van der Waals surface area (Å²) in [5.41, 5.74) is -0.0475. The molecule has 0 radical (unpaired) electrons. The van der Waals surface area contributed by atoms with Crippen LogP contribution in [0.1, 0.15) is 29.8 Å². The van der Waals surface area contributed by atoms with E-state index in [2.05, 4.69) is 15.7 Å². The number of hydrogen-bond acceptors (Lipinski definition) is 3. The summed E-state index contributed by atoms with van der Waals surface area (Å²) < 4.78 is 29.4. The first-order valence-corrected chi connectivity index (χ1v) is 10.4. The van der Waals surface area contributed by atoms with Gasteiger partial charge in [0.2, 0.25) is 5.91 Å². The minimum Gasteiger partial charge on any atom is -0.340 e. The van der Waals surface area contributed by atoms with Gasteiger partial charge in [0.1, 0.15) is 29.1 Å². The summed E-state index contributed by atoms with van der Waals surface area (Å²) in [6.07, 6.45) is 1.49. The summed E-state index contributed by atoms with van der Waals surface area (Å²) >= 11 is 12.3. The highest BCUT2D eigenvalue weighted by Gasteiger charge is 2.28. The maximum Gasteiger partial charge on any atom is 0.257 e. The third kappa shape index (κ3) is 5.26. The second-order valence-electron chi connectivity index (χ2n) is 7.37. The van der Waals surface area contributed by atoms with Crippen LogP contribution >= 0.6 is 23.2 Å². The number of rotatable bonds is 7. The van der Waals surface area contributed by atoms with Crippen molar-refractivity contribution in [3.05, 3.63) is 81.5 Å². The van der Waals surface area contributed by atoms with Gasteiger partial charge in [0, 0.05) is 6.07 Å². The molecule has 10 heteroatoms. The highest BCUT2D eigenvalue weighted by atomic mass is 35.5. The summed E-state index contributed by atoms with van der Waals surface area (Å²) in [6.45, 7) is 3.64. The second-order valence-corrected chi connectivity index (χ2v) is 8.15. The zero-order valence-corrected chi connectivity index (χ0v) is 18.7. The molecule has 3 aromatic rings. The Hall–Kier alpha value is -2.97. The van der Waals surface area contributed by atoms with Crippen LogP contribution < -0.4 is 10.6 Å². The molecular weight excluding hydrogens is 461 g/mol. The number of carbonyl (C=O) groups excluding carboxylic acids is 2. The average molecular weight is 481 g/mol. The molecule has 1 atom stereocenters. The topological polar surface area (TPSA) is 76.0 Å². The van der Waals surface area contributed by atoms with Crippen molar-refractivity contribution in [2.24, 2.45) is 5.92 Å². The third-order valence-electron chi connectivity index (χ3n) is 4.75. The maximum absolute atomic E-state index is 13.9. The predicted molar refractivity (Wildman–Crippen MR) is 119 cm³/mol. The van der Waals surface area contributed by atoms with Gasteiger partial charge in [-0.3, -0.25) is 9.59 Å². The molecule has 0 unspecified atom stereocenters. The van der Waals surface area contributed by atoms with Gasteiger partial charge in [0.15, 0.2) is 0 Å². The van der Waals surface area contributed by atoms with E-state index in [1.165, 1.54) is 10.9 Å². The molecule has 2 aromatic carbocycles. The number of nitrogens with one attached hydrogen (secondary N) is 2. The van der Waals surface area contributed by atoms with Gasteiger partial charge in [0.05, 0.1) is 22.8 Å². The fraction of sp³-hybridized carbons (Fsp3) is 0.227. The fourth-order valence-corrected chi connectivity index (χ4v) is 3.44. The van der Waals surface area contributed by atoms with E-state index in [0.29, 0.717) is 21.4 Å². The van der Waals surface area contributed by atoms with Crippen LogP contribution in [0.2, 0.25) is 10.0 Å². The Labute approximate surface area is 193 Å². The summed E-state index contributed by atoms with van der Waals surface area (Å²) in [6, 6.07) is 8.81. The molecule has 0 aliphatic heterocycles. The molecule has 32 heavy (non-hydrogen) atoms. The molecule has 2 N–H and O–H groups in total. The maximum atomic E-state index is 13.9. The number of anilines is 1. The monoisotopic (exact) mass is 480 g/mol. The van der Waals surface area contributed by atoms with Gasteiger partial charge in [0.25, 0.3) is 5.91 Å². The lowest BCUT2D eigenvalue weighted by Gasteiger charge is -2.22. The second kappa shape index (κ2) is 10.1. The summed E-state index contributed by atoms with van der Waals surface area (Å²) in [7, 11) is 0. The Bertz CT molecular complexity index is 1130. The van der Waals surface area contributed by atoms with Crippen LogP contribution in [0.15, 0.2) is 48.7 Å². The number of benzene rings is 2. The minimum absolute atomic E-state index is 0.237. The van der Waals surface area contributed by atoms with Crippen molar-refractivity contribution in [2.45, 2.75) is 26.4 Å². The summed E-state index contributed by atoms with van der Waals surface area (Å²) in [5.74, 6) is -3.63. The number of halogens is 4. The Morgan fingerprint density at radius 2 is 1.72 bits per heavy atom. The number of carbonyl (C=O) groups is 2. The third-order valence-corrected chi connectivity index (χ3v) is 5.60. The smallest absolute Gasteiger partial charge is 0.257 e. The van der Waals surface area contributed by atoms with Gasteiger partial charge < -0.3 is 10.6 Å². The molecule has 3 rings (SSSR count). The Morgan fingerprint density at radius 3 is 2.38 bits per heavy atom. The number of amides is 2. The van der Waals surface area contributed by atoms with Crippen molar-refractivity contribution in [3.8, 4) is 0 Å². The molecule has 0 aliphatic carbocycles. The van der Waals surface area contributed by atoms with E-state index in [1.807, 2.05) is 0 Å². The quantitative estimate of drug-likeness (QED) is 0.504. The predicted octanol–water partition coefficient (Wildman–Crippen LogP) is 4.91. The van der Waals surface area contributed by atoms with Crippen molar-refractivity contribution in [1.82, 2.24) is 15.1 Å². The lowest BCUT2D eigenvalue weighted by molar-refractivity contribution is -0.118. The van der Waals surface area contributed by atoms with Gasteiger partial charge in [-0.25, -0.2) is 13.5 Å². The van der Waals surface area contributed by atoms with E-state index < -0.39 is 35.1 Å². The molecule has 0 aliphatic rings. The molecule has 0 fully saturated rings. The minimum atomic E-state index is -1.06. The number of nitrogens with zero attached hydrogens (tertiary/aromatic N) is 2. The summed E-state index contributed by atoms with van der Waals surface area (Å²) in [4.78, 5) is 25.4. The Balaban J connectivity index is 1.77. The SMILES string of the molecule is CC(C)[C@H](NC(=O)c1c(F)cccc1F)C(=O)Nc1ccnn1Cc1cccc(Cl)c1Cl. The van der Waals surface area contributed by atoms with Crippen LogP contribution in [0.5, 0.6) is 0 Å². The molecular formula is C22H20Cl2F2N4O2. The zero-order chi connectivity index (χ0) is 23.4. The van der Waals surface area contributed by atoms with Gasteiger partial charge >= 0.3 is 0 Å². The molecule has 2 amide bonds. The highest BCUT2D eigenvalue weighted by Crippen LogP contribution is 2.26. The van der Waals surface area contributed by atoms with E-state index in [0.717, 1.165) is 18.2 Å². The van der Waals surface area contributed by atoms with Gasteiger partial charge in [-0.2, -0.15) is 5.10 Å². The average Bonchev–Trinajstić information content (AvgIpc) is 3.15. The molecule has 0 spiro atoms. The van der Waals surface area contributed by atoms with Crippen molar-refractivity contribution in [2.75, 3.05) is 5.32 Å². The molecule has 0 bridgehead atoms. The van der Waals surface area contributed by atoms with Crippen LogP contribution in [0.25, 0.3) is 0 Å². The molecule has 6 nitrogen and oxygen atoms in total. The van der Waals surface area contributed by atoms with Crippen molar-refractivity contribution < 1.29 is 18.4 Å². The van der Waals surface area contributed by atoms with Gasteiger partial charge in [-0.05, 0) is 29.7 Å². The van der Waals surface area contributed by atoms with Crippen molar-refractivity contribution >= 4 is 40.8 Å². The lowest BCUT2D eigenvalue weighted by atomic mass is 10.0. The lowest BCUT2D eigenvalue weighted by Crippen LogP contribution is -2.47. The van der Waals surface area contributed by atoms with Gasteiger partial charge in [-0.1, -0.05) is 55.2 Å². The van der Waals surface area contributed by atoms with Crippen LogP contribution in [0.3, 0.4) is 0 Å². The van der Waals surface area contributed by atoms with E-state index in [9.17, 15) is 18.4 Å². The normalized spacial score (nSPS) is 12.0. The molecule has 1 aromatic heterocycles. The van der Waals surface area contributed by atoms with Crippen LogP contribution in [-0.4, -0.2) is 27.6 Å². The Kier molecular flexibility index (Phi) is 7.48. The van der Waals surface area contributed by atoms with Crippen molar-refractivity contribution in [3.63, 3.8) is 0 Å². The van der Waals surface area contributed by atoms with E-state index in [4.69, 9.17) is 23.2 Å². The standard InChI is InChI=1S/C22H20Cl2F2N4O2/c1-12(2)20(29-21(31)18-15(25)7-4-8-16(18)26)22(32)28-17-9-10-27-30(17)11-13-5-3-6-14(23)19(13)24/h3-10,12,20H,11H2,1-2H3,(H,28,32)(H,29,31)/t20-/m0/s1. The fourth-order valence-electron chi connectivity index (χ4n) is 3.06. The first kappa shape index (κ1) is 23.7. The Morgan fingerprint density at radius 1 is 1.06 bits per heavy atom. The van der Waals surface area contributed by atoms with E-state index in [-0.39, 0.29) is 12.5 Å². The number of aromatic nitrogens is 2. The molecule has 1 heterocycles. The van der Waals surface area contributed by atoms with Crippen LogP contribution in [-0.2, 0) is 11.3 Å². The number of hydrogen-bond donors (Lipinski definition) is 2. The largest absolute Gasteiger partial charge is 0.340 e. The van der Waals surface area contributed by atoms with E-state index >= 15 is 0 Å². The molecule has 168 valence electrons. The summed E-state index contributed by atoms with van der Waals surface area (Å²) in [5, 5.41) is 10.1. The van der Waals surface area contributed by atoms with Crippen LogP contribution in [0, 0.1) is 17.6 Å². The first-order chi connectivity index (χ1) is 15.2. The van der Waals surface area contributed by atoms with Crippen molar-refractivity contribution in [1.29, 1.82) is 0 Å². The molecule has 0 saturated carbocycles. The zero-order valence-electron chi connectivity index (χ0n) is 17.2. The van der Waals surface area contributed by atoms with E-state index in [1.54, 1.807) is 38.1 Å². The highest BCUT2D eigenvalue weighted by molar-refractivity contribution is 6.42. The van der Waals surface area contributed by atoms with Gasteiger partial charge in [-0.15, -0.1) is 0 Å². The van der Waals surface area contributed by atoms with Crippen LogP contribution in [0.4, 0.5) is 14.6 Å².